The third kappa shape index (κ3) is 2.26. The summed E-state index contributed by atoms with van der Waals surface area (Å²) in [5.74, 6) is -0.0421. The van der Waals surface area contributed by atoms with Crippen LogP contribution < -0.4 is 5.32 Å². The highest BCUT2D eigenvalue weighted by atomic mass is 16.5. The average Bonchev–Trinajstić information content (AvgIpc) is 2.78. The topological polar surface area (TPSA) is 41.6 Å². The molecule has 19 heavy (non-hydrogen) atoms. The molecule has 0 aliphatic carbocycles. The summed E-state index contributed by atoms with van der Waals surface area (Å²) in [7, 11) is 1.49. The molecule has 2 fully saturated rings. The first kappa shape index (κ1) is 12.6. The van der Waals surface area contributed by atoms with Gasteiger partial charge in [0.15, 0.2) is 0 Å². The summed E-state index contributed by atoms with van der Waals surface area (Å²) in [6.07, 6.45) is 0. The number of hydrogen-bond donors (Lipinski definition) is 1. The molecule has 1 atom stereocenters. The molecule has 1 aromatic rings. The van der Waals surface area contributed by atoms with E-state index in [2.05, 4.69) is 34.5 Å². The zero-order chi connectivity index (χ0) is 13.3. The summed E-state index contributed by atoms with van der Waals surface area (Å²) in [5, 5.41) is 3.30. The number of carbonyl (C=O) groups excluding carboxylic acids is 1. The maximum absolute atomic E-state index is 11.9. The molecule has 2 aliphatic heterocycles. The standard InChI is InChI=1S/C15H20N2O2/c1-19-14(18)13-8-17(11-15(13)9-16-10-15)7-12-5-3-2-4-6-12/h2-6,13,16H,7-11H2,1H3/t13-/m0/s1. The predicted molar refractivity (Wildman–Crippen MR) is 72.5 cm³/mol. The van der Waals surface area contributed by atoms with E-state index in [-0.39, 0.29) is 17.3 Å². The van der Waals surface area contributed by atoms with Gasteiger partial charge in [-0.2, -0.15) is 0 Å². The van der Waals surface area contributed by atoms with E-state index in [1.54, 1.807) is 0 Å². The highest BCUT2D eigenvalue weighted by molar-refractivity contribution is 5.74. The molecular weight excluding hydrogens is 240 g/mol. The molecule has 1 spiro atoms. The van der Waals surface area contributed by atoms with Gasteiger partial charge in [-0.15, -0.1) is 0 Å². The number of nitrogens with one attached hydrogen (secondary N) is 1. The van der Waals surface area contributed by atoms with Crippen LogP contribution in [0.15, 0.2) is 30.3 Å². The first-order chi connectivity index (χ1) is 9.23. The van der Waals surface area contributed by atoms with Gasteiger partial charge in [0.25, 0.3) is 0 Å². The van der Waals surface area contributed by atoms with Gasteiger partial charge in [0, 0.05) is 38.1 Å². The van der Waals surface area contributed by atoms with Crippen LogP contribution in [0.4, 0.5) is 0 Å². The monoisotopic (exact) mass is 260 g/mol. The lowest BCUT2D eigenvalue weighted by Crippen LogP contribution is -2.59. The summed E-state index contributed by atoms with van der Waals surface area (Å²) in [6, 6.07) is 10.4. The van der Waals surface area contributed by atoms with Crippen LogP contribution in [0.2, 0.25) is 0 Å². The number of methoxy groups -OCH3 is 1. The molecule has 0 aromatic heterocycles. The van der Waals surface area contributed by atoms with Gasteiger partial charge in [-0.25, -0.2) is 0 Å². The van der Waals surface area contributed by atoms with E-state index in [1.165, 1.54) is 12.7 Å². The minimum atomic E-state index is -0.0583. The molecule has 0 unspecified atom stereocenters. The summed E-state index contributed by atoms with van der Waals surface area (Å²) in [6.45, 7) is 4.56. The van der Waals surface area contributed by atoms with Gasteiger partial charge in [-0.05, 0) is 5.56 Å². The third-order valence-electron chi connectivity index (χ3n) is 4.41. The lowest BCUT2D eigenvalue weighted by Gasteiger charge is -2.42. The van der Waals surface area contributed by atoms with Crippen molar-refractivity contribution in [3.05, 3.63) is 35.9 Å². The van der Waals surface area contributed by atoms with Crippen molar-refractivity contribution >= 4 is 5.97 Å². The zero-order valence-corrected chi connectivity index (χ0v) is 11.3. The summed E-state index contributed by atoms with van der Waals surface area (Å²) in [4.78, 5) is 14.3. The minimum absolute atomic E-state index is 0.0162. The van der Waals surface area contributed by atoms with Crippen LogP contribution >= 0.6 is 0 Å². The molecule has 2 heterocycles. The molecule has 1 aromatic carbocycles. The number of esters is 1. The number of nitrogens with zero attached hydrogens (tertiary/aromatic N) is 1. The van der Waals surface area contributed by atoms with Crippen molar-refractivity contribution in [1.29, 1.82) is 0 Å². The maximum Gasteiger partial charge on any atom is 0.310 e. The first-order valence-corrected chi connectivity index (χ1v) is 6.78. The van der Waals surface area contributed by atoms with Crippen molar-refractivity contribution in [3.8, 4) is 0 Å². The summed E-state index contributed by atoms with van der Waals surface area (Å²) >= 11 is 0. The SMILES string of the molecule is COC(=O)[C@@H]1CN(Cc2ccccc2)CC12CNC2. The van der Waals surface area contributed by atoms with Crippen LogP contribution in [0.25, 0.3) is 0 Å². The van der Waals surface area contributed by atoms with Gasteiger partial charge in [0.2, 0.25) is 0 Å². The minimum Gasteiger partial charge on any atom is -0.469 e. The molecule has 3 rings (SSSR count). The number of carbonyl (C=O) groups is 1. The van der Waals surface area contributed by atoms with Gasteiger partial charge < -0.3 is 10.1 Å². The fourth-order valence-electron chi connectivity index (χ4n) is 3.31. The smallest absolute Gasteiger partial charge is 0.310 e. The van der Waals surface area contributed by atoms with E-state index in [1.807, 2.05) is 6.07 Å². The second-order valence-electron chi connectivity index (χ2n) is 5.70. The Labute approximate surface area is 113 Å². The van der Waals surface area contributed by atoms with Crippen LogP contribution in [0.1, 0.15) is 5.56 Å². The quantitative estimate of drug-likeness (QED) is 0.819. The lowest BCUT2D eigenvalue weighted by atomic mass is 9.73. The fourth-order valence-corrected chi connectivity index (χ4v) is 3.31. The van der Waals surface area contributed by atoms with Crippen LogP contribution in [-0.4, -0.2) is 44.2 Å². The van der Waals surface area contributed by atoms with Crippen LogP contribution in [-0.2, 0) is 16.1 Å². The summed E-state index contributed by atoms with van der Waals surface area (Å²) < 4.78 is 4.97. The van der Waals surface area contributed by atoms with Crippen molar-refractivity contribution in [2.24, 2.45) is 11.3 Å². The molecule has 1 N–H and O–H groups in total. The Kier molecular flexibility index (Phi) is 3.29. The van der Waals surface area contributed by atoms with Gasteiger partial charge in [-0.1, -0.05) is 30.3 Å². The zero-order valence-electron chi connectivity index (χ0n) is 11.3. The van der Waals surface area contributed by atoms with Crippen LogP contribution in [0, 0.1) is 11.3 Å². The molecular formula is C15H20N2O2. The van der Waals surface area contributed by atoms with Gasteiger partial charge in [0.05, 0.1) is 13.0 Å². The first-order valence-electron chi connectivity index (χ1n) is 6.78. The summed E-state index contributed by atoms with van der Waals surface area (Å²) in [5.41, 5.74) is 1.40. The van der Waals surface area contributed by atoms with Gasteiger partial charge in [-0.3, -0.25) is 9.69 Å². The fraction of sp³-hybridized carbons (Fsp3) is 0.533. The second kappa shape index (κ2) is 4.94. The van der Waals surface area contributed by atoms with Crippen molar-refractivity contribution in [1.82, 2.24) is 10.2 Å². The van der Waals surface area contributed by atoms with Crippen LogP contribution in [0.3, 0.4) is 0 Å². The maximum atomic E-state index is 11.9. The van der Waals surface area contributed by atoms with E-state index in [0.29, 0.717) is 0 Å². The molecule has 0 amide bonds. The molecule has 4 heteroatoms. The van der Waals surface area contributed by atoms with Gasteiger partial charge in [0.1, 0.15) is 0 Å². The van der Waals surface area contributed by atoms with Crippen LogP contribution in [0.5, 0.6) is 0 Å². The number of likely N-dealkylation sites (tertiary alicyclic amines) is 1. The number of rotatable bonds is 3. The average molecular weight is 260 g/mol. The van der Waals surface area contributed by atoms with E-state index in [9.17, 15) is 4.79 Å². The molecule has 0 radical (unpaired) electrons. The van der Waals surface area contributed by atoms with E-state index < -0.39 is 0 Å². The molecule has 2 aliphatic rings. The Morgan fingerprint density at radius 2 is 2.16 bits per heavy atom. The highest BCUT2D eigenvalue weighted by Crippen LogP contribution is 2.40. The van der Waals surface area contributed by atoms with E-state index in [4.69, 9.17) is 4.74 Å². The van der Waals surface area contributed by atoms with Crippen molar-refractivity contribution in [2.75, 3.05) is 33.3 Å². The number of ether oxygens (including phenoxy) is 1. The van der Waals surface area contributed by atoms with Crippen molar-refractivity contribution in [2.45, 2.75) is 6.54 Å². The predicted octanol–water partition coefficient (Wildman–Crippen LogP) is 0.881. The third-order valence-corrected chi connectivity index (χ3v) is 4.41. The largest absolute Gasteiger partial charge is 0.469 e. The molecule has 0 bridgehead atoms. The Morgan fingerprint density at radius 1 is 1.42 bits per heavy atom. The van der Waals surface area contributed by atoms with Gasteiger partial charge >= 0.3 is 5.97 Å². The van der Waals surface area contributed by atoms with E-state index >= 15 is 0 Å². The number of hydrogen-bond acceptors (Lipinski definition) is 4. The Bertz CT molecular complexity index is 456. The van der Waals surface area contributed by atoms with Crippen molar-refractivity contribution in [3.63, 3.8) is 0 Å². The Morgan fingerprint density at radius 3 is 2.74 bits per heavy atom. The molecule has 4 nitrogen and oxygen atoms in total. The molecule has 102 valence electrons. The highest BCUT2D eigenvalue weighted by Gasteiger charge is 2.53. The second-order valence-corrected chi connectivity index (χ2v) is 5.70. The van der Waals surface area contributed by atoms with E-state index in [0.717, 1.165) is 32.7 Å². The number of benzene rings is 1. The van der Waals surface area contributed by atoms with Crippen molar-refractivity contribution < 1.29 is 9.53 Å². The Balaban J connectivity index is 1.71. The molecule has 0 saturated carbocycles. The molecule has 2 saturated heterocycles. The lowest BCUT2D eigenvalue weighted by molar-refractivity contribution is -0.149. The Hall–Kier alpha value is -1.39. The normalized spacial score (nSPS) is 25.2.